The SMILES string of the molecule is COC1CCC2(CC1)Cc1ccc(CCC3CC3)cc1C21N=C(C)N(CC2CCO2)C1=O. The van der Waals surface area contributed by atoms with Crippen LogP contribution in [0.15, 0.2) is 23.2 Å². The van der Waals surface area contributed by atoms with Crippen LogP contribution in [0.1, 0.15) is 75.0 Å². The highest BCUT2D eigenvalue weighted by Gasteiger charge is 2.66. The Morgan fingerprint density at radius 1 is 1.19 bits per heavy atom. The van der Waals surface area contributed by atoms with E-state index in [4.69, 9.17) is 14.5 Å². The van der Waals surface area contributed by atoms with Gasteiger partial charge < -0.3 is 9.47 Å². The van der Waals surface area contributed by atoms with Gasteiger partial charge in [-0.05, 0) is 80.9 Å². The van der Waals surface area contributed by atoms with Crippen molar-refractivity contribution < 1.29 is 14.3 Å². The molecule has 3 aliphatic carbocycles. The smallest absolute Gasteiger partial charge is 0.261 e. The summed E-state index contributed by atoms with van der Waals surface area (Å²) in [5.41, 5.74) is 3.02. The van der Waals surface area contributed by atoms with Crippen molar-refractivity contribution in [3.05, 3.63) is 34.9 Å². The highest BCUT2D eigenvalue weighted by Crippen LogP contribution is 2.62. The zero-order chi connectivity index (χ0) is 21.9. The number of methoxy groups -OCH3 is 1. The Bertz CT molecular complexity index is 940. The number of ether oxygens (including phenoxy) is 2. The Labute approximate surface area is 191 Å². The van der Waals surface area contributed by atoms with Gasteiger partial charge in [-0.2, -0.15) is 0 Å². The number of benzene rings is 1. The van der Waals surface area contributed by atoms with Gasteiger partial charge in [0.2, 0.25) is 0 Å². The van der Waals surface area contributed by atoms with Gasteiger partial charge in [-0.25, -0.2) is 0 Å². The number of carbonyl (C=O) groups excluding carboxylic acids is 1. The first-order valence-corrected chi connectivity index (χ1v) is 12.7. The van der Waals surface area contributed by atoms with Gasteiger partial charge in [0.05, 0.1) is 18.8 Å². The maximum absolute atomic E-state index is 14.3. The number of carbonyl (C=O) groups is 1. The fraction of sp³-hybridized carbons (Fsp3) is 0.704. The number of hydrogen-bond acceptors (Lipinski definition) is 4. The summed E-state index contributed by atoms with van der Waals surface area (Å²) in [6.45, 7) is 3.47. The van der Waals surface area contributed by atoms with Crippen molar-refractivity contribution in [2.24, 2.45) is 16.3 Å². The van der Waals surface area contributed by atoms with E-state index < -0.39 is 5.54 Å². The quantitative estimate of drug-likeness (QED) is 0.664. The van der Waals surface area contributed by atoms with Crippen molar-refractivity contribution in [2.45, 2.75) is 88.9 Å². The second-order valence-corrected chi connectivity index (χ2v) is 10.9. The number of aliphatic imine (C=N–C) groups is 1. The van der Waals surface area contributed by atoms with Gasteiger partial charge in [0.1, 0.15) is 5.84 Å². The summed E-state index contributed by atoms with van der Waals surface area (Å²) in [6.07, 6.45) is 11.6. The number of hydrogen-bond donors (Lipinski definition) is 0. The van der Waals surface area contributed by atoms with Gasteiger partial charge in [-0.3, -0.25) is 14.7 Å². The molecule has 0 bridgehead atoms. The van der Waals surface area contributed by atoms with E-state index in [1.54, 1.807) is 0 Å². The molecule has 2 saturated carbocycles. The van der Waals surface area contributed by atoms with E-state index in [2.05, 4.69) is 18.2 Å². The van der Waals surface area contributed by atoms with Gasteiger partial charge in [-0.15, -0.1) is 0 Å². The summed E-state index contributed by atoms with van der Waals surface area (Å²) in [6, 6.07) is 6.98. The average Bonchev–Trinajstić information content (AvgIpc) is 3.52. The number of amides is 1. The highest BCUT2D eigenvalue weighted by atomic mass is 16.5. The first kappa shape index (κ1) is 20.9. The van der Waals surface area contributed by atoms with Crippen LogP contribution in [0.3, 0.4) is 0 Å². The lowest BCUT2D eigenvalue weighted by molar-refractivity contribution is -0.141. The van der Waals surface area contributed by atoms with Gasteiger partial charge in [0.25, 0.3) is 5.91 Å². The molecule has 5 nitrogen and oxygen atoms in total. The fourth-order valence-corrected chi connectivity index (χ4v) is 6.80. The van der Waals surface area contributed by atoms with Crippen molar-refractivity contribution >= 4 is 11.7 Å². The standard InChI is InChI=1S/C27H36N2O3/c1-18-28-27(25(30)29(18)17-23-11-14-32-23)24-15-20(6-5-19-3-4-19)7-8-21(24)16-26(27)12-9-22(31-2)10-13-26/h7-8,15,19,22-23H,3-6,9-14,16-17H2,1-2H3. The molecule has 1 aromatic rings. The molecule has 6 rings (SSSR count). The molecule has 0 aromatic heterocycles. The third-order valence-corrected chi connectivity index (χ3v) is 9.08. The van der Waals surface area contributed by atoms with Crippen molar-refractivity contribution in [1.29, 1.82) is 0 Å². The molecule has 32 heavy (non-hydrogen) atoms. The molecule has 2 aliphatic heterocycles. The van der Waals surface area contributed by atoms with Gasteiger partial charge >= 0.3 is 0 Å². The largest absolute Gasteiger partial charge is 0.381 e. The normalized spacial score (nSPS) is 36.0. The Balaban J connectivity index is 1.39. The maximum atomic E-state index is 14.3. The zero-order valence-electron chi connectivity index (χ0n) is 19.6. The molecule has 2 spiro atoms. The molecule has 2 unspecified atom stereocenters. The van der Waals surface area contributed by atoms with Crippen LogP contribution in [0.25, 0.3) is 0 Å². The van der Waals surface area contributed by atoms with Gasteiger partial charge in [0.15, 0.2) is 5.54 Å². The summed E-state index contributed by atoms with van der Waals surface area (Å²) in [5.74, 6) is 1.98. The Morgan fingerprint density at radius 3 is 2.62 bits per heavy atom. The maximum Gasteiger partial charge on any atom is 0.261 e. The van der Waals surface area contributed by atoms with Crippen LogP contribution in [-0.4, -0.2) is 49.1 Å². The molecule has 1 amide bonds. The summed E-state index contributed by atoms with van der Waals surface area (Å²) in [5, 5.41) is 0. The van der Waals surface area contributed by atoms with Crippen molar-refractivity contribution in [2.75, 3.05) is 20.3 Å². The van der Waals surface area contributed by atoms with E-state index in [1.165, 1.54) is 36.0 Å². The van der Waals surface area contributed by atoms with Crippen molar-refractivity contribution in [3.63, 3.8) is 0 Å². The zero-order valence-corrected chi connectivity index (χ0v) is 19.6. The molecule has 3 fully saturated rings. The van der Waals surface area contributed by atoms with Crippen LogP contribution < -0.4 is 0 Å². The van der Waals surface area contributed by atoms with Crippen LogP contribution in [0, 0.1) is 11.3 Å². The molecule has 172 valence electrons. The van der Waals surface area contributed by atoms with E-state index in [0.717, 1.165) is 63.3 Å². The van der Waals surface area contributed by atoms with E-state index in [-0.39, 0.29) is 17.4 Å². The predicted octanol–water partition coefficient (Wildman–Crippen LogP) is 4.41. The van der Waals surface area contributed by atoms with Crippen LogP contribution in [0.2, 0.25) is 0 Å². The summed E-state index contributed by atoms with van der Waals surface area (Å²) >= 11 is 0. The van der Waals surface area contributed by atoms with Gasteiger partial charge in [0, 0.05) is 19.1 Å². The van der Waals surface area contributed by atoms with E-state index in [9.17, 15) is 4.79 Å². The number of fused-ring (bicyclic) bond motifs is 3. The first-order valence-electron chi connectivity index (χ1n) is 12.7. The Kier molecular flexibility index (Phi) is 4.99. The molecular formula is C27H36N2O3. The summed E-state index contributed by atoms with van der Waals surface area (Å²) in [4.78, 5) is 21.6. The minimum Gasteiger partial charge on any atom is -0.381 e. The minimum absolute atomic E-state index is 0.132. The molecule has 5 heteroatoms. The molecule has 5 aliphatic rings. The number of amidine groups is 1. The van der Waals surface area contributed by atoms with E-state index in [0.29, 0.717) is 12.6 Å². The van der Waals surface area contributed by atoms with Gasteiger partial charge in [-0.1, -0.05) is 31.0 Å². The molecule has 0 radical (unpaired) electrons. The van der Waals surface area contributed by atoms with Crippen molar-refractivity contribution in [3.8, 4) is 0 Å². The Hall–Kier alpha value is -1.72. The third-order valence-electron chi connectivity index (χ3n) is 9.08. The molecule has 2 heterocycles. The molecule has 0 N–H and O–H groups in total. The number of nitrogens with zero attached hydrogens (tertiary/aromatic N) is 2. The highest BCUT2D eigenvalue weighted by molar-refractivity contribution is 6.09. The lowest BCUT2D eigenvalue weighted by Gasteiger charge is -2.45. The molecule has 1 aromatic carbocycles. The first-order chi connectivity index (χ1) is 15.5. The molecule has 1 saturated heterocycles. The predicted molar refractivity (Wildman–Crippen MR) is 124 cm³/mol. The number of rotatable bonds is 6. The van der Waals surface area contributed by atoms with Crippen molar-refractivity contribution in [1.82, 2.24) is 4.90 Å². The van der Waals surface area contributed by atoms with Crippen LogP contribution in [0.4, 0.5) is 0 Å². The molecule has 2 atom stereocenters. The third kappa shape index (κ3) is 3.11. The van der Waals surface area contributed by atoms with Crippen LogP contribution in [0.5, 0.6) is 0 Å². The monoisotopic (exact) mass is 436 g/mol. The van der Waals surface area contributed by atoms with Crippen LogP contribution in [-0.2, 0) is 32.6 Å². The molecular weight excluding hydrogens is 400 g/mol. The fourth-order valence-electron chi connectivity index (χ4n) is 6.80. The topological polar surface area (TPSA) is 51.1 Å². The average molecular weight is 437 g/mol. The lowest BCUT2D eigenvalue weighted by atomic mass is 9.61. The summed E-state index contributed by atoms with van der Waals surface area (Å²) in [7, 11) is 1.82. The Morgan fingerprint density at radius 2 is 1.97 bits per heavy atom. The van der Waals surface area contributed by atoms with Crippen LogP contribution >= 0.6 is 0 Å². The summed E-state index contributed by atoms with van der Waals surface area (Å²) < 4.78 is 11.4. The van der Waals surface area contributed by atoms with E-state index in [1.807, 2.05) is 18.9 Å². The minimum atomic E-state index is -0.759. The van der Waals surface area contributed by atoms with E-state index >= 15 is 0 Å². The lowest BCUT2D eigenvalue weighted by Crippen LogP contribution is -2.53. The second-order valence-electron chi connectivity index (χ2n) is 10.9. The second kappa shape index (κ2) is 7.66. The number of aryl methyl sites for hydroxylation is 1.